The first-order valence-corrected chi connectivity index (χ1v) is 4.00. The number of aliphatic hydroxyl groups is 1. The van der Waals surface area contributed by atoms with Crippen molar-refractivity contribution < 1.29 is 33.7 Å². The Hall–Kier alpha value is -0.420. The summed E-state index contributed by atoms with van der Waals surface area (Å²) in [7, 11) is 1.97. The van der Waals surface area contributed by atoms with Gasteiger partial charge in [-0.05, 0) is 12.5 Å². The molecule has 1 aromatic heterocycles. The molecule has 1 aromatic rings. The van der Waals surface area contributed by atoms with Gasteiger partial charge in [-0.3, -0.25) is 0 Å². The third kappa shape index (κ3) is 5.00. The third-order valence-corrected chi connectivity index (χ3v) is 1.57. The minimum Gasteiger partial charge on any atom is -1.00 e. The number of halogens is 1. The number of hydrogen-bond acceptors (Lipinski definition) is 1. The van der Waals surface area contributed by atoms with Gasteiger partial charge >= 0.3 is 0 Å². The van der Waals surface area contributed by atoms with E-state index < -0.39 is 0 Å². The van der Waals surface area contributed by atoms with Gasteiger partial charge in [0.05, 0.1) is 6.10 Å². The van der Waals surface area contributed by atoms with Crippen LogP contribution < -0.4 is 28.5 Å². The molecule has 2 nitrogen and oxygen atoms in total. The van der Waals surface area contributed by atoms with Crippen molar-refractivity contribution in [2.75, 3.05) is 0 Å². The highest BCUT2D eigenvalue weighted by molar-refractivity contribution is 5.47. The van der Waals surface area contributed by atoms with E-state index in [9.17, 15) is 0 Å². The summed E-state index contributed by atoms with van der Waals surface area (Å²) < 4.78 is 1.97. The molecule has 1 N–H and O–H groups in total. The molecule has 0 amide bonds. The molecule has 1 rings (SSSR count). The maximum absolute atomic E-state index is 8.98. The lowest BCUT2D eigenvalue weighted by Gasteiger charge is -1.93. The second-order valence-electron chi connectivity index (χ2n) is 2.90. The number of rotatable bonds is 2. The van der Waals surface area contributed by atoms with Crippen LogP contribution in [0.2, 0.25) is 0 Å². The van der Waals surface area contributed by atoms with Gasteiger partial charge < -0.3 is 29.1 Å². The molecular weight excluding hydrogens is 277 g/mol. The summed E-state index contributed by atoms with van der Waals surface area (Å²) in [5, 5.41) is 8.98. The number of aliphatic hydroxyl groups excluding tert-OH is 1. The first kappa shape index (κ1) is 12.6. The highest BCUT2D eigenvalue weighted by Gasteiger charge is 1.91. The largest absolute Gasteiger partial charge is 1.00 e. The molecule has 13 heavy (non-hydrogen) atoms. The fourth-order valence-electron chi connectivity index (χ4n) is 0.874. The molecule has 1 atom stereocenters. The van der Waals surface area contributed by atoms with Crippen molar-refractivity contribution in [3.8, 4) is 0 Å². The summed E-state index contributed by atoms with van der Waals surface area (Å²) in [6.45, 7) is 1.74. The maximum Gasteiger partial charge on any atom is 0.169 e. The maximum atomic E-state index is 8.98. The van der Waals surface area contributed by atoms with E-state index in [1.807, 2.05) is 42.2 Å². The Morgan fingerprint density at radius 1 is 1.38 bits per heavy atom. The average Bonchev–Trinajstić information content (AvgIpc) is 2.03. The lowest BCUT2D eigenvalue weighted by molar-refractivity contribution is -0.671. The summed E-state index contributed by atoms with van der Waals surface area (Å²) in [6.07, 6.45) is 7.24. The minimum absolute atomic E-state index is 0. The summed E-state index contributed by atoms with van der Waals surface area (Å²) in [6, 6.07) is 4.00. The average molecular weight is 291 g/mol. The summed E-state index contributed by atoms with van der Waals surface area (Å²) in [5.41, 5.74) is 1.11. The highest BCUT2D eigenvalue weighted by Crippen LogP contribution is 1.99. The van der Waals surface area contributed by atoms with Gasteiger partial charge in [0.15, 0.2) is 12.4 Å². The van der Waals surface area contributed by atoms with Gasteiger partial charge in [-0.25, -0.2) is 4.57 Å². The Kier molecular flexibility index (Phi) is 5.90. The normalized spacial score (nSPS) is 12.5. The molecule has 1 unspecified atom stereocenters. The Morgan fingerprint density at radius 2 is 1.92 bits per heavy atom. The van der Waals surface area contributed by atoms with Gasteiger partial charge in [0.1, 0.15) is 7.05 Å². The van der Waals surface area contributed by atoms with Crippen LogP contribution in [0.15, 0.2) is 30.6 Å². The molecule has 3 heteroatoms. The van der Waals surface area contributed by atoms with Crippen LogP contribution in [0, 0.1) is 0 Å². The summed E-state index contributed by atoms with van der Waals surface area (Å²) in [5.74, 6) is 0. The lowest BCUT2D eigenvalue weighted by Crippen LogP contribution is -3.00. The van der Waals surface area contributed by atoms with E-state index in [0.717, 1.165) is 5.56 Å². The van der Waals surface area contributed by atoms with Gasteiger partial charge in [-0.1, -0.05) is 12.2 Å². The smallest absolute Gasteiger partial charge is 0.169 e. The van der Waals surface area contributed by atoms with Crippen molar-refractivity contribution in [3.05, 3.63) is 36.2 Å². The van der Waals surface area contributed by atoms with Crippen LogP contribution in [0.5, 0.6) is 0 Å². The van der Waals surface area contributed by atoms with Crippen LogP contribution in [0.4, 0.5) is 0 Å². The Bertz CT molecular complexity index is 267. The molecule has 0 bridgehead atoms. The zero-order valence-electron chi connectivity index (χ0n) is 7.81. The first-order chi connectivity index (χ1) is 5.68. The van der Waals surface area contributed by atoms with Crippen LogP contribution in [0.3, 0.4) is 0 Å². The van der Waals surface area contributed by atoms with E-state index in [1.54, 1.807) is 13.0 Å². The fourth-order valence-corrected chi connectivity index (χ4v) is 0.874. The predicted octanol–water partition coefficient (Wildman–Crippen LogP) is -2.09. The molecule has 0 saturated carbocycles. The van der Waals surface area contributed by atoms with Gasteiger partial charge in [0.25, 0.3) is 0 Å². The van der Waals surface area contributed by atoms with Crippen molar-refractivity contribution in [2.45, 2.75) is 13.0 Å². The van der Waals surface area contributed by atoms with Crippen LogP contribution in [0.25, 0.3) is 6.08 Å². The molecule has 0 radical (unpaired) electrons. The number of aryl methyl sites for hydroxylation is 1. The van der Waals surface area contributed by atoms with Crippen molar-refractivity contribution in [1.82, 2.24) is 0 Å². The topological polar surface area (TPSA) is 24.1 Å². The second-order valence-corrected chi connectivity index (χ2v) is 2.90. The zero-order valence-corrected chi connectivity index (χ0v) is 9.97. The molecule has 0 saturated heterocycles. The molecule has 72 valence electrons. The number of hydrogen-bond donors (Lipinski definition) is 1. The fraction of sp³-hybridized carbons (Fsp3) is 0.300. The highest BCUT2D eigenvalue weighted by atomic mass is 127. The van der Waals surface area contributed by atoms with Gasteiger partial charge in [0, 0.05) is 12.1 Å². The summed E-state index contributed by atoms with van der Waals surface area (Å²) in [4.78, 5) is 0. The van der Waals surface area contributed by atoms with Crippen LogP contribution in [-0.2, 0) is 7.05 Å². The first-order valence-electron chi connectivity index (χ1n) is 4.00. The lowest BCUT2D eigenvalue weighted by atomic mass is 10.2. The molecule has 0 aromatic carbocycles. The molecule has 0 aliphatic carbocycles. The van der Waals surface area contributed by atoms with E-state index in [2.05, 4.69) is 0 Å². The second kappa shape index (κ2) is 6.10. The molecular formula is C10H14INO. The van der Waals surface area contributed by atoms with Gasteiger partial charge in [-0.15, -0.1) is 0 Å². The van der Waals surface area contributed by atoms with Gasteiger partial charge in [-0.2, -0.15) is 0 Å². The van der Waals surface area contributed by atoms with Gasteiger partial charge in [0.2, 0.25) is 0 Å². The number of pyridine rings is 1. The monoisotopic (exact) mass is 291 g/mol. The predicted molar refractivity (Wildman–Crippen MR) is 48.3 cm³/mol. The van der Waals surface area contributed by atoms with Crippen molar-refractivity contribution in [2.24, 2.45) is 7.05 Å². The van der Waals surface area contributed by atoms with E-state index >= 15 is 0 Å². The van der Waals surface area contributed by atoms with E-state index in [4.69, 9.17) is 5.11 Å². The zero-order chi connectivity index (χ0) is 8.97. The van der Waals surface area contributed by atoms with E-state index in [1.165, 1.54) is 0 Å². The number of aromatic nitrogens is 1. The van der Waals surface area contributed by atoms with Crippen molar-refractivity contribution >= 4 is 6.08 Å². The quantitative estimate of drug-likeness (QED) is 0.490. The Morgan fingerprint density at radius 3 is 2.38 bits per heavy atom. The minimum atomic E-state index is -0.376. The van der Waals surface area contributed by atoms with Crippen molar-refractivity contribution in [3.63, 3.8) is 0 Å². The molecule has 0 aliphatic heterocycles. The van der Waals surface area contributed by atoms with E-state index in [0.29, 0.717) is 0 Å². The van der Waals surface area contributed by atoms with Crippen LogP contribution >= 0.6 is 0 Å². The molecule has 0 spiro atoms. The van der Waals surface area contributed by atoms with Crippen LogP contribution in [0.1, 0.15) is 12.5 Å². The molecule has 1 heterocycles. The van der Waals surface area contributed by atoms with Crippen molar-refractivity contribution in [1.29, 1.82) is 0 Å². The Labute approximate surface area is 95.9 Å². The standard InChI is InChI=1S/C10H14NO.HI/c1-9(12)3-4-10-5-7-11(2)8-6-10;/h3-9,12H,1-2H3;1H/q+1;/p-1/b4-3-;. The number of nitrogens with zero attached hydrogens (tertiary/aromatic N) is 1. The SMILES string of the molecule is CC(O)/C=C\c1cc[n+](C)cc1.[I-]. The molecule has 0 fully saturated rings. The Balaban J connectivity index is 0.00000144. The summed E-state index contributed by atoms with van der Waals surface area (Å²) >= 11 is 0. The molecule has 0 aliphatic rings. The van der Waals surface area contributed by atoms with E-state index in [-0.39, 0.29) is 30.1 Å². The third-order valence-electron chi connectivity index (χ3n) is 1.57. The van der Waals surface area contributed by atoms with Crippen LogP contribution in [-0.4, -0.2) is 11.2 Å².